The van der Waals surface area contributed by atoms with E-state index in [1.807, 2.05) is 0 Å². The van der Waals surface area contributed by atoms with E-state index in [0.29, 0.717) is 13.2 Å². The van der Waals surface area contributed by atoms with Crippen molar-refractivity contribution in [2.75, 3.05) is 13.2 Å². The zero-order valence-electron chi connectivity index (χ0n) is 17.1. The quantitative estimate of drug-likeness (QED) is 0.274. The molecule has 2 aromatic carbocycles. The van der Waals surface area contributed by atoms with Crippen LogP contribution in [-0.2, 0) is 16.0 Å². The minimum absolute atomic E-state index is 0.346. The fourth-order valence-corrected chi connectivity index (χ4v) is 3.61. The lowest BCUT2D eigenvalue weighted by atomic mass is 10.0. The molecule has 3 nitrogen and oxygen atoms in total. The molecule has 0 N–H and O–H groups in total. The maximum atomic E-state index is 11.0. The third kappa shape index (κ3) is 6.63. The number of carbonyl (C=O) groups is 1. The van der Waals surface area contributed by atoms with Crippen molar-refractivity contribution in [3.63, 3.8) is 0 Å². The maximum Gasteiger partial charge on any atom is 0.330 e. The lowest BCUT2D eigenvalue weighted by Gasteiger charge is -2.10. The average Bonchev–Trinajstić information content (AvgIpc) is 2.98. The molecule has 0 saturated heterocycles. The Morgan fingerprint density at radius 2 is 1.76 bits per heavy atom. The molecule has 1 aliphatic carbocycles. The molecule has 0 amide bonds. The number of allylic oxidation sites excluding steroid dienone is 1. The molecule has 2 aromatic rings. The number of aryl methyl sites for hydroxylation is 1. The molecule has 0 saturated carbocycles. The Kier molecular flexibility index (Phi) is 8.12. The summed E-state index contributed by atoms with van der Waals surface area (Å²) < 4.78 is 11.0. The normalized spacial score (nSPS) is 13.0. The summed E-state index contributed by atoms with van der Waals surface area (Å²) in [5, 5.41) is 0. The first-order chi connectivity index (χ1) is 14.3. The largest absolute Gasteiger partial charge is 0.494 e. The number of esters is 1. The molecular weight excluding hydrogens is 360 g/mol. The number of carbonyl (C=O) groups excluding carboxylic acids is 1. The molecule has 0 aromatic heterocycles. The standard InChI is InChI=1S/C26H30O3/c1-2-26(27)29-18-9-4-3-8-17-28-25-16-15-22-13-10-14-23(19-24(22)20-25)21-11-6-5-7-12-21/h2,5-7,11-12,15-16,19-20H,1,3-4,8-10,13-14,17-18H2. The monoisotopic (exact) mass is 390 g/mol. The number of benzene rings is 2. The van der Waals surface area contributed by atoms with Crippen LogP contribution in [0.4, 0.5) is 0 Å². The maximum absolute atomic E-state index is 11.0. The number of unbranched alkanes of at least 4 members (excludes halogenated alkanes) is 3. The van der Waals surface area contributed by atoms with Crippen LogP contribution in [-0.4, -0.2) is 19.2 Å². The van der Waals surface area contributed by atoms with Crippen LogP contribution >= 0.6 is 0 Å². The van der Waals surface area contributed by atoms with Gasteiger partial charge in [-0.25, -0.2) is 4.79 Å². The van der Waals surface area contributed by atoms with Gasteiger partial charge in [0.05, 0.1) is 13.2 Å². The molecule has 0 spiro atoms. The van der Waals surface area contributed by atoms with Gasteiger partial charge < -0.3 is 9.47 Å². The van der Waals surface area contributed by atoms with Gasteiger partial charge in [0.2, 0.25) is 0 Å². The Labute approximate surface area is 174 Å². The summed E-state index contributed by atoms with van der Waals surface area (Å²) in [5.41, 5.74) is 5.39. The van der Waals surface area contributed by atoms with Crippen molar-refractivity contribution >= 4 is 17.6 Å². The SMILES string of the molecule is C=CC(=O)OCCCCCCOc1ccc2c(c1)C=C(c1ccccc1)CCC2. The zero-order valence-corrected chi connectivity index (χ0v) is 17.1. The molecule has 3 rings (SSSR count). The summed E-state index contributed by atoms with van der Waals surface area (Å²) in [6, 6.07) is 17.1. The summed E-state index contributed by atoms with van der Waals surface area (Å²) in [6.07, 6.45) is 10.9. The third-order valence-corrected chi connectivity index (χ3v) is 5.20. The molecular formula is C26H30O3. The Hall–Kier alpha value is -2.81. The molecule has 1 aliphatic rings. The molecule has 0 bridgehead atoms. The van der Waals surface area contributed by atoms with Crippen molar-refractivity contribution in [2.24, 2.45) is 0 Å². The molecule has 3 heteroatoms. The van der Waals surface area contributed by atoms with E-state index >= 15 is 0 Å². The van der Waals surface area contributed by atoms with Crippen LogP contribution in [0.1, 0.15) is 55.2 Å². The second-order valence-corrected chi connectivity index (χ2v) is 7.38. The van der Waals surface area contributed by atoms with Crippen LogP contribution in [0.25, 0.3) is 11.6 Å². The third-order valence-electron chi connectivity index (χ3n) is 5.20. The van der Waals surface area contributed by atoms with Crippen molar-refractivity contribution in [1.29, 1.82) is 0 Å². The van der Waals surface area contributed by atoms with E-state index in [-0.39, 0.29) is 5.97 Å². The van der Waals surface area contributed by atoms with Crippen molar-refractivity contribution in [3.8, 4) is 5.75 Å². The van der Waals surface area contributed by atoms with E-state index in [1.165, 1.54) is 34.8 Å². The van der Waals surface area contributed by atoms with Crippen molar-refractivity contribution in [1.82, 2.24) is 0 Å². The van der Waals surface area contributed by atoms with Crippen LogP contribution in [0.15, 0.2) is 61.2 Å². The fourth-order valence-electron chi connectivity index (χ4n) is 3.61. The van der Waals surface area contributed by atoms with E-state index in [9.17, 15) is 4.79 Å². The Bertz CT molecular complexity index is 836. The molecule has 29 heavy (non-hydrogen) atoms. The number of ether oxygens (including phenoxy) is 2. The van der Waals surface area contributed by atoms with E-state index < -0.39 is 0 Å². The summed E-state index contributed by atoms with van der Waals surface area (Å²) in [5.74, 6) is 0.593. The Morgan fingerprint density at radius 1 is 0.966 bits per heavy atom. The highest BCUT2D eigenvalue weighted by molar-refractivity contribution is 5.83. The lowest BCUT2D eigenvalue weighted by molar-refractivity contribution is -0.137. The predicted octanol–water partition coefficient (Wildman–Crippen LogP) is 6.23. The summed E-state index contributed by atoms with van der Waals surface area (Å²) >= 11 is 0. The van der Waals surface area contributed by atoms with Crippen LogP contribution in [0.3, 0.4) is 0 Å². The van der Waals surface area contributed by atoms with Crippen LogP contribution in [0.5, 0.6) is 5.75 Å². The number of hydrogen-bond acceptors (Lipinski definition) is 3. The highest BCUT2D eigenvalue weighted by Gasteiger charge is 2.11. The number of fused-ring (bicyclic) bond motifs is 1. The van der Waals surface area contributed by atoms with Crippen LogP contribution in [0, 0.1) is 0 Å². The first-order valence-corrected chi connectivity index (χ1v) is 10.6. The molecule has 0 atom stereocenters. The first kappa shape index (κ1) is 20.9. The van der Waals surface area contributed by atoms with E-state index in [1.54, 1.807) is 0 Å². The highest BCUT2D eigenvalue weighted by Crippen LogP contribution is 2.31. The van der Waals surface area contributed by atoms with Gasteiger partial charge in [-0.3, -0.25) is 0 Å². The zero-order chi connectivity index (χ0) is 20.3. The Balaban J connectivity index is 1.48. The highest BCUT2D eigenvalue weighted by atomic mass is 16.5. The van der Waals surface area contributed by atoms with Gasteiger partial charge in [0.1, 0.15) is 5.75 Å². The van der Waals surface area contributed by atoms with Crippen molar-refractivity contribution in [2.45, 2.75) is 44.9 Å². The minimum atomic E-state index is -0.346. The molecule has 0 unspecified atom stereocenters. The van der Waals surface area contributed by atoms with Gasteiger partial charge in [0.15, 0.2) is 0 Å². The lowest BCUT2D eigenvalue weighted by Crippen LogP contribution is -2.02. The van der Waals surface area contributed by atoms with Gasteiger partial charge in [-0.2, -0.15) is 0 Å². The molecule has 0 radical (unpaired) electrons. The molecule has 0 aliphatic heterocycles. The molecule has 0 heterocycles. The summed E-state index contributed by atoms with van der Waals surface area (Å²) in [6.45, 7) is 4.56. The van der Waals surface area contributed by atoms with Gasteiger partial charge in [-0.1, -0.05) is 49.1 Å². The average molecular weight is 391 g/mol. The Morgan fingerprint density at radius 3 is 2.55 bits per heavy atom. The predicted molar refractivity (Wildman–Crippen MR) is 119 cm³/mol. The van der Waals surface area contributed by atoms with Crippen LogP contribution < -0.4 is 4.74 Å². The van der Waals surface area contributed by atoms with E-state index in [0.717, 1.165) is 44.3 Å². The fraction of sp³-hybridized carbons (Fsp3) is 0.346. The second-order valence-electron chi connectivity index (χ2n) is 7.38. The van der Waals surface area contributed by atoms with E-state index in [4.69, 9.17) is 9.47 Å². The van der Waals surface area contributed by atoms with Gasteiger partial charge in [0, 0.05) is 6.08 Å². The van der Waals surface area contributed by atoms with Gasteiger partial charge in [0.25, 0.3) is 0 Å². The second kappa shape index (κ2) is 11.3. The molecule has 0 fully saturated rings. The van der Waals surface area contributed by atoms with Crippen molar-refractivity contribution < 1.29 is 14.3 Å². The van der Waals surface area contributed by atoms with Crippen LogP contribution in [0.2, 0.25) is 0 Å². The van der Waals surface area contributed by atoms with E-state index in [2.05, 4.69) is 61.2 Å². The summed E-state index contributed by atoms with van der Waals surface area (Å²) in [7, 11) is 0. The van der Waals surface area contributed by atoms with Gasteiger partial charge in [-0.05, 0) is 79.3 Å². The summed E-state index contributed by atoms with van der Waals surface area (Å²) in [4.78, 5) is 11.0. The molecule has 152 valence electrons. The first-order valence-electron chi connectivity index (χ1n) is 10.6. The smallest absolute Gasteiger partial charge is 0.330 e. The van der Waals surface area contributed by atoms with Crippen molar-refractivity contribution in [3.05, 3.63) is 77.9 Å². The minimum Gasteiger partial charge on any atom is -0.494 e. The van der Waals surface area contributed by atoms with Gasteiger partial charge >= 0.3 is 5.97 Å². The number of rotatable bonds is 10. The topological polar surface area (TPSA) is 35.5 Å². The van der Waals surface area contributed by atoms with Gasteiger partial charge in [-0.15, -0.1) is 0 Å². The number of hydrogen-bond donors (Lipinski definition) is 0.